The molecule has 5 rings (SSSR count). The van der Waals surface area contributed by atoms with E-state index in [9.17, 15) is 14.7 Å². The normalized spacial score (nSPS) is 19.2. The Morgan fingerprint density at radius 3 is 2.73 bits per heavy atom. The Morgan fingerprint density at radius 2 is 2.13 bits per heavy atom. The van der Waals surface area contributed by atoms with Crippen LogP contribution in [0.15, 0.2) is 4.79 Å². The molecule has 1 aliphatic heterocycles. The largest absolute Gasteiger partial charge is 0.389 e. The number of H-pyrrole nitrogens is 1. The van der Waals surface area contributed by atoms with Gasteiger partial charge in [-0.3, -0.25) is 19.5 Å². The number of nitrogens with one attached hydrogen (secondary N) is 1. The van der Waals surface area contributed by atoms with Crippen LogP contribution in [0, 0.1) is 13.8 Å². The average Bonchev–Trinajstić information content (AvgIpc) is 3.24. The minimum atomic E-state index is -0.729. The molecular weight excluding hydrogens is 406 g/mol. The maximum atomic E-state index is 13.5. The number of aromatic nitrogens is 4. The molecule has 0 radical (unpaired) electrons. The number of nitrogens with zero attached hydrogens (tertiary/aromatic N) is 4. The molecule has 2 fully saturated rings. The lowest BCUT2D eigenvalue weighted by molar-refractivity contribution is -0.0778. The Labute approximate surface area is 176 Å². The summed E-state index contributed by atoms with van der Waals surface area (Å²) >= 11 is 1.46. The third-order valence-corrected chi connectivity index (χ3v) is 7.01. The molecule has 158 valence electrons. The van der Waals surface area contributed by atoms with Crippen molar-refractivity contribution >= 4 is 27.3 Å². The molecule has 4 heterocycles. The Balaban J connectivity index is 1.73. The van der Waals surface area contributed by atoms with Crippen molar-refractivity contribution in [1.29, 1.82) is 0 Å². The molecule has 10 heteroatoms. The van der Waals surface area contributed by atoms with Gasteiger partial charge in [-0.15, -0.1) is 11.3 Å². The molecule has 1 saturated carbocycles. The first-order valence-electron chi connectivity index (χ1n) is 10.0. The molecule has 2 aliphatic rings. The number of aromatic amines is 1. The fraction of sp³-hybridized carbons (Fsp3) is 0.500. The molecule has 1 amide bonds. The fourth-order valence-electron chi connectivity index (χ4n) is 3.99. The van der Waals surface area contributed by atoms with Crippen LogP contribution >= 0.6 is 11.3 Å². The Morgan fingerprint density at radius 1 is 1.37 bits per heavy atom. The summed E-state index contributed by atoms with van der Waals surface area (Å²) in [4.78, 5) is 32.7. The number of aryl methyl sites for hydroxylation is 3. The third kappa shape index (κ3) is 3.06. The van der Waals surface area contributed by atoms with Crippen molar-refractivity contribution in [2.45, 2.75) is 45.1 Å². The molecule has 30 heavy (non-hydrogen) atoms. The highest BCUT2D eigenvalue weighted by Gasteiger charge is 2.35. The molecule has 0 bridgehead atoms. The number of aliphatic hydroxyl groups excluding tert-OH is 1. The summed E-state index contributed by atoms with van der Waals surface area (Å²) in [6.07, 6.45) is 1.83. The molecule has 3 aromatic rings. The van der Waals surface area contributed by atoms with Gasteiger partial charge in [0.05, 0.1) is 33.6 Å². The van der Waals surface area contributed by atoms with Crippen LogP contribution in [0.3, 0.4) is 0 Å². The molecule has 9 nitrogen and oxygen atoms in total. The van der Waals surface area contributed by atoms with E-state index in [2.05, 4.69) is 15.3 Å². The minimum Gasteiger partial charge on any atom is -0.389 e. The monoisotopic (exact) mass is 429 g/mol. The van der Waals surface area contributed by atoms with Gasteiger partial charge in [0.1, 0.15) is 12.7 Å². The minimum absolute atomic E-state index is 0.0655. The molecule has 1 saturated heterocycles. The Kier molecular flexibility index (Phi) is 4.53. The topological polar surface area (TPSA) is 113 Å². The summed E-state index contributed by atoms with van der Waals surface area (Å²) in [5, 5.41) is 23.2. The summed E-state index contributed by atoms with van der Waals surface area (Å²) in [7, 11) is 1.62. The third-order valence-electron chi connectivity index (χ3n) is 5.80. The number of hydrogen-bond donors (Lipinski definition) is 2. The number of hydroxylamine groups is 2. The van der Waals surface area contributed by atoms with Crippen LogP contribution in [0.2, 0.25) is 0 Å². The fourth-order valence-corrected chi connectivity index (χ4v) is 5.34. The summed E-state index contributed by atoms with van der Waals surface area (Å²) in [6, 6.07) is 0. The molecule has 1 atom stereocenters. The first-order valence-corrected chi connectivity index (χ1v) is 10.8. The van der Waals surface area contributed by atoms with E-state index in [1.807, 2.05) is 13.8 Å². The highest BCUT2D eigenvalue weighted by Crippen LogP contribution is 2.45. The number of amides is 1. The predicted octanol–water partition coefficient (Wildman–Crippen LogP) is 1.55. The van der Waals surface area contributed by atoms with Crippen LogP contribution in [0.1, 0.15) is 56.6 Å². The molecule has 3 aromatic heterocycles. The van der Waals surface area contributed by atoms with E-state index in [0.717, 1.165) is 45.1 Å². The van der Waals surface area contributed by atoms with E-state index in [1.54, 1.807) is 7.05 Å². The Bertz CT molecular complexity index is 1200. The first kappa shape index (κ1) is 19.4. The van der Waals surface area contributed by atoms with Crippen LogP contribution in [-0.2, 0) is 18.3 Å². The number of carbonyl (C=O) groups is 1. The van der Waals surface area contributed by atoms with Crippen molar-refractivity contribution in [2.24, 2.45) is 7.05 Å². The van der Waals surface area contributed by atoms with Gasteiger partial charge < -0.3 is 5.11 Å². The van der Waals surface area contributed by atoms with E-state index in [1.165, 1.54) is 21.1 Å². The van der Waals surface area contributed by atoms with E-state index >= 15 is 0 Å². The van der Waals surface area contributed by atoms with Crippen LogP contribution in [0.5, 0.6) is 0 Å². The van der Waals surface area contributed by atoms with E-state index in [-0.39, 0.29) is 18.7 Å². The standard InChI is InChI=1S/C20H23N5O4S/c1-9-13(10(2)22-21-9)6-14-15(20(28)25-7-12(26)8-29-25)16-18(30-14)17(11-4-5-11)23-24(3)19(16)27/h11-12,26H,4-8H2,1-3H3,(H,21,22)/t12-/m0/s1. The van der Waals surface area contributed by atoms with E-state index in [0.29, 0.717) is 23.3 Å². The second-order valence-corrected chi connectivity index (χ2v) is 9.20. The molecule has 0 spiro atoms. The molecule has 2 N–H and O–H groups in total. The highest BCUT2D eigenvalue weighted by molar-refractivity contribution is 7.19. The quantitative estimate of drug-likeness (QED) is 0.651. The summed E-state index contributed by atoms with van der Waals surface area (Å²) in [5.41, 5.74) is 3.76. The van der Waals surface area contributed by atoms with Crippen molar-refractivity contribution in [2.75, 3.05) is 13.2 Å². The lowest BCUT2D eigenvalue weighted by atomic mass is 10.0. The highest BCUT2D eigenvalue weighted by atomic mass is 32.1. The molecule has 1 aliphatic carbocycles. The zero-order valence-electron chi connectivity index (χ0n) is 17.1. The summed E-state index contributed by atoms with van der Waals surface area (Å²) in [6.45, 7) is 4.01. The van der Waals surface area contributed by atoms with Gasteiger partial charge >= 0.3 is 0 Å². The molecular formula is C20H23N5O4S. The smallest absolute Gasteiger partial charge is 0.279 e. The van der Waals surface area contributed by atoms with Gasteiger partial charge in [0.25, 0.3) is 11.5 Å². The first-order chi connectivity index (χ1) is 14.3. The van der Waals surface area contributed by atoms with Crippen LogP contribution in [0.25, 0.3) is 10.1 Å². The maximum Gasteiger partial charge on any atom is 0.279 e. The van der Waals surface area contributed by atoms with Crippen LogP contribution in [0.4, 0.5) is 0 Å². The molecule has 0 aromatic carbocycles. The number of fused-ring (bicyclic) bond motifs is 1. The van der Waals surface area contributed by atoms with Gasteiger partial charge in [-0.25, -0.2) is 9.75 Å². The number of β-amino-alcohol motifs (C(OH)–C–C–N with tert-alkyl or cyclic N) is 1. The van der Waals surface area contributed by atoms with Crippen LogP contribution in [-0.4, -0.2) is 55.3 Å². The van der Waals surface area contributed by atoms with Gasteiger partial charge in [-0.05, 0) is 26.7 Å². The van der Waals surface area contributed by atoms with Crippen molar-refractivity contribution in [3.63, 3.8) is 0 Å². The number of aliphatic hydroxyl groups is 1. The van der Waals surface area contributed by atoms with Gasteiger partial charge in [0, 0.05) is 35.5 Å². The van der Waals surface area contributed by atoms with Crippen LogP contribution < -0.4 is 5.56 Å². The summed E-state index contributed by atoms with van der Waals surface area (Å²) < 4.78 is 2.12. The van der Waals surface area contributed by atoms with Gasteiger partial charge in [0.2, 0.25) is 0 Å². The van der Waals surface area contributed by atoms with Gasteiger partial charge in [-0.2, -0.15) is 10.2 Å². The lowest BCUT2D eigenvalue weighted by Gasteiger charge is -2.15. The SMILES string of the molecule is Cc1n[nH]c(C)c1Cc1sc2c(C3CC3)nn(C)c(=O)c2c1C(=O)N1C[C@H](O)CO1. The number of hydrogen-bond acceptors (Lipinski definition) is 7. The van der Waals surface area contributed by atoms with E-state index in [4.69, 9.17) is 4.84 Å². The Hall–Kier alpha value is -2.56. The molecule has 0 unspecified atom stereocenters. The number of carbonyl (C=O) groups excluding carboxylic acids is 1. The number of rotatable bonds is 4. The predicted molar refractivity (Wildman–Crippen MR) is 111 cm³/mol. The van der Waals surface area contributed by atoms with Crippen molar-refractivity contribution < 1.29 is 14.7 Å². The number of thiophene rings is 1. The lowest BCUT2D eigenvalue weighted by Crippen LogP contribution is -2.30. The second kappa shape index (κ2) is 7.00. The second-order valence-electron chi connectivity index (χ2n) is 8.10. The van der Waals surface area contributed by atoms with Crippen molar-refractivity contribution in [3.8, 4) is 0 Å². The van der Waals surface area contributed by atoms with Gasteiger partial charge in [0.15, 0.2) is 0 Å². The average molecular weight is 430 g/mol. The zero-order chi connectivity index (χ0) is 21.2. The maximum absolute atomic E-state index is 13.5. The van der Waals surface area contributed by atoms with Crippen molar-refractivity contribution in [3.05, 3.63) is 43.4 Å². The van der Waals surface area contributed by atoms with Gasteiger partial charge in [-0.1, -0.05) is 0 Å². The summed E-state index contributed by atoms with van der Waals surface area (Å²) in [5.74, 6) is -0.0624. The van der Waals surface area contributed by atoms with Crippen molar-refractivity contribution in [1.82, 2.24) is 25.0 Å². The zero-order valence-corrected chi connectivity index (χ0v) is 17.9. The van der Waals surface area contributed by atoms with E-state index < -0.39 is 12.0 Å².